The van der Waals surface area contributed by atoms with E-state index in [-0.39, 0.29) is 5.41 Å². The Hall–Kier alpha value is -3.92. The van der Waals surface area contributed by atoms with Crippen molar-refractivity contribution in [3.63, 3.8) is 0 Å². The van der Waals surface area contributed by atoms with E-state index in [0.29, 0.717) is 11.8 Å². The average Bonchev–Trinajstić information content (AvgIpc) is 3.03. The van der Waals surface area contributed by atoms with Gasteiger partial charge in [-0.25, -0.2) is 0 Å². The van der Waals surface area contributed by atoms with Crippen LogP contribution in [0, 0.1) is 0 Å². The number of hydrogen-bond acceptors (Lipinski definition) is 4. The van der Waals surface area contributed by atoms with Crippen LogP contribution in [0.3, 0.4) is 0 Å². The fourth-order valence-electron chi connectivity index (χ4n) is 6.31. The minimum absolute atomic E-state index is 0.0396. The Labute approximate surface area is 252 Å². The molecule has 1 aliphatic carbocycles. The molecule has 0 bridgehead atoms. The first kappa shape index (κ1) is 29.6. The lowest BCUT2D eigenvalue weighted by Crippen LogP contribution is -2.31. The molecule has 2 atom stereocenters. The van der Waals surface area contributed by atoms with Crippen molar-refractivity contribution in [1.82, 2.24) is 0 Å². The van der Waals surface area contributed by atoms with Gasteiger partial charge in [0.2, 0.25) is 0 Å². The summed E-state index contributed by atoms with van der Waals surface area (Å²) in [7, 11) is 0. The van der Waals surface area contributed by atoms with Crippen LogP contribution < -0.4 is 20.9 Å². The smallest absolute Gasteiger partial charge is 0.130 e. The summed E-state index contributed by atoms with van der Waals surface area (Å²) in [6, 6.07) is 29.2. The maximum absolute atomic E-state index is 6.43. The third-order valence-corrected chi connectivity index (χ3v) is 9.33. The lowest BCUT2D eigenvalue weighted by molar-refractivity contribution is 0.344. The van der Waals surface area contributed by atoms with E-state index in [2.05, 4.69) is 64.1 Å². The molecule has 0 saturated heterocycles. The van der Waals surface area contributed by atoms with E-state index in [4.69, 9.17) is 20.9 Å². The third kappa shape index (κ3) is 6.28. The molecule has 0 radical (unpaired) electrons. The third-order valence-electron chi connectivity index (χ3n) is 9.33. The van der Waals surface area contributed by atoms with Gasteiger partial charge in [-0.1, -0.05) is 71.2 Å². The van der Waals surface area contributed by atoms with Crippen LogP contribution in [0.5, 0.6) is 23.0 Å². The molecule has 1 saturated carbocycles. The molecule has 220 valence electrons. The van der Waals surface area contributed by atoms with Crippen molar-refractivity contribution in [3.05, 3.63) is 107 Å². The van der Waals surface area contributed by atoms with Gasteiger partial charge in [0, 0.05) is 16.8 Å². The van der Waals surface area contributed by atoms with Crippen LogP contribution >= 0.6 is 0 Å². The first-order valence-electron chi connectivity index (χ1n) is 15.7. The predicted molar refractivity (Wildman–Crippen MR) is 176 cm³/mol. The normalized spacial score (nSPS) is 16.0. The van der Waals surface area contributed by atoms with Crippen molar-refractivity contribution in [3.8, 4) is 23.0 Å². The first-order chi connectivity index (χ1) is 20.3. The van der Waals surface area contributed by atoms with Crippen LogP contribution in [-0.4, -0.2) is 0 Å². The minimum atomic E-state index is -0.0396. The lowest BCUT2D eigenvalue weighted by Gasteiger charge is -2.40. The molecule has 0 heterocycles. The van der Waals surface area contributed by atoms with Gasteiger partial charge in [0.15, 0.2) is 0 Å². The molecule has 42 heavy (non-hydrogen) atoms. The molecule has 1 aliphatic rings. The molecule has 4 heteroatoms. The van der Waals surface area contributed by atoms with Crippen LogP contribution in [0.2, 0.25) is 0 Å². The highest BCUT2D eigenvalue weighted by atomic mass is 16.5. The van der Waals surface area contributed by atoms with Gasteiger partial charge in [-0.15, -0.1) is 0 Å². The summed E-state index contributed by atoms with van der Waals surface area (Å²) < 4.78 is 12.9. The van der Waals surface area contributed by atoms with E-state index in [0.717, 1.165) is 60.1 Å². The van der Waals surface area contributed by atoms with E-state index in [1.165, 1.54) is 41.5 Å². The zero-order valence-corrected chi connectivity index (χ0v) is 25.7. The number of nitrogens with two attached hydrogens (primary N) is 2. The maximum Gasteiger partial charge on any atom is 0.130 e. The van der Waals surface area contributed by atoms with Crippen LogP contribution in [0.1, 0.15) is 107 Å². The summed E-state index contributed by atoms with van der Waals surface area (Å²) in [6.07, 6.45) is 8.12. The average molecular weight is 563 g/mol. The molecule has 2 unspecified atom stereocenters. The first-order valence-corrected chi connectivity index (χ1v) is 15.7. The monoisotopic (exact) mass is 562 g/mol. The molecular formula is C38H46N2O2. The van der Waals surface area contributed by atoms with Crippen LogP contribution in [0.4, 0.5) is 11.4 Å². The predicted octanol–water partition coefficient (Wildman–Crippen LogP) is 10.7. The van der Waals surface area contributed by atoms with Gasteiger partial charge in [0.05, 0.1) is 0 Å². The second-order valence-corrected chi connectivity index (χ2v) is 12.1. The molecule has 1 fully saturated rings. The van der Waals surface area contributed by atoms with Gasteiger partial charge in [-0.3, -0.25) is 0 Å². The number of rotatable bonds is 10. The van der Waals surface area contributed by atoms with E-state index >= 15 is 0 Å². The van der Waals surface area contributed by atoms with Gasteiger partial charge in [-0.2, -0.15) is 0 Å². The molecule has 0 aromatic heterocycles. The summed E-state index contributed by atoms with van der Waals surface area (Å²) in [4.78, 5) is 0. The van der Waals surface area contributed by atoms with E-state index < -0.39 is 0 Å². The summed E-state index contributed by atoms with van der Waals surface area (Å²) >= 11 is 0. The summed E-state index contributed by atoms with van der Waals surface area (Å²) in [5.74, 6) is 4.22. The highest BCUT2D eigenvalue weighted by Gasteiger charge is 2.37. The standard InChI is InChI=1S/C38H46N2O2/c1-5-26(3)34-24-28(10-20-36(34)41-32-16-12-30(39)13-17-32)38(22-8-7-9-23-38)29-11-21-37(35(25-29)27(4)6-2)42-33-18-14-31(40)15-19-33/h10-21,24-27H,5-9,22-23,39-40H2,1-4H3. The number of benzene rings is 4. The Bertz CT molecular complexity index is 1360. The Morgan fingerprint density at radius 2 is 1.00 bits per heavy atom. The molecule has 0 aliphatic heterocycles. The van der Waals surface area contributed by atoms with E-state index in [9.17, 15) is 0 Å². The van der Waals surface area contributed by atoms with Crippen molar-refractivity contribution in [2.75, 3.05) is 11.5 Å². The van der Waals surface area contributed by atoms with Crippen LogP contribution in [0.25, 0.3) is 0 Å². The van der Waals surface area contributed by atoms with E-state index in [1.807, 2.05) is 48.5 Å². The van der Waals surface area contributed by atoms with Gasteiger partial charge in [0.1, 0.15) is 23.0 Å². The van der Waals surface area contributed by atoms with Gasteiger partial charge < -0.3 is 20.9 Å². The number of nitrogen functional groups attached to an aromatic ring is 2. The van der Waals surface area contributed by atoms with Gasteiger partial charge in [-0.05, 0) is 120 Å². The van der Waals surface area contributed by atoms with Gasteiger partial charge >= 0.3 is 0 Å². The lowest BCUT2D eigenvalue weighted by atomic mass is 9.64. The van der Waals surface area contributed by atoms with Crippen molar-refractivity contribution in [2.24, 2.45) is 0 Å². The zero-order valence-electron chi connectivity index (χ0n) is 25.7. The Morgan fingerprint density at radius 3 is 1.38 bits per heavy atom. The van der Waals surface area contributed by atoms with E-state index in [1.54, 1.807) is 0 Å². The summed E-state index contributed by atoms with van der Waals surface area (Å²) in [6.45, 7) is 9.09. The van der Waals surface area contributed by atoms with Crippen molar-refractivity contribution in [1.29, 1.82) is 0 Å². The molecule has 4 N–H and O–H groups in total. The highest BCUT2D eigenvalue weighted by molar-refractivity contribution is 5.52. The zero-order chi connectivity index (χ0) is 29.7. The summed E-state index contributed by atoms with van der Waals surface area (Å²) in [5.41, 5.74) is 18.6. The highest BCUT2D eigenvalue weighted by Crippen LogP contribution is 2.48. The van der Waals surface area contributed by atoms with Crippen molar-refractivity contribution in [2.45, 2.75) is 89.9 Å². The molecule has 4 aromatic rings. The number of hydrogen-bond donors (Lipinski definition) is 2. The van der Waals surface area contributed by atoms with Crippen molar-refractivity contribution < 1.29 is 9.47 Å². The Morgan fingerprint density at radius 1 is 0.595 bits per heavy atom. The van der Waals surface area contributed by atoms with Gasteiger partial charge in [0.25, 0.3) is 0 Å². The molecule has 0 amide bonds. The second-order valence-electron chi connectivity index (χ2n) is 12.1. The maximum atomic E-state index is 6.43. The SMILES string of the molecule is CCC(C)c1cc(C2(c3ccc(Oc4ccc(N)cc4)c(C(C)CC)c3)CCCCC2)ccc1Oc1ccc(N)cc1. The molecule has 4 aromatic carbocycles. The molecular weight excluding hydrogens is 516 g/mol. The molecule has 0 spiro atoms. The molecule has 4 nitrogen and oxygen atoms in total. The second kappa shape index (κ2) is 12.9. The van der Waals surface area contributed by atoms with Crippen molar-refractivity contribution >= 4 is 11.4 Å². The Balaban J connectivity index is 1.57. The summed E-state index contributed by atoms with van der Waals surface area (Å²) in [5, 5.41) is 0. The van der Waals surface area contributed by atoms with Crippen LogP contribution in [-0.2, 0) is 5.41 Å². The fourth-order valence-corrected chi connectivity index (χ4v) is 6.31. The Kier molecular flexibility index (Phi) is 9.11. The number of anilines is 2. The largest absolute Gasteiger partial charge is 0.457 e. The topological polar surface area (TPSA) is 70.5 Å². The molecule has 5 rings (SSSR count). The number of ether oxygens (including phenoxy) is 2. The van der Waals surface area contributed by atoms with Crippen LogP contribution in [0.15, 0.2) is 84.9 Å². The minimum Gasteiger partial charge on any atom is -0.457 e. The fraction of sp³-hybridized carbons (Fsp3) is 0.368. The quantitative estimate of drug-likeness (QED) is 0.189.